The van der Waals surface area contributed by atoms with Gasteiger partial charge in [-0.2, -0.15) is 0 Å². The second-order valence-electron chi connectivity index (χ2n) is 5.24. The van der Waals surface area contributed by atoms with Gasteiger partial charge in [0.05, 0.1) is 0 Å². The van der Waals surface area contributed by atoms with E-state index in [0.717, 1.165) is 23.4 Å². The SMILES string of the molecule is COCCCCN(Cc1ccccc1)C(=O)c1csc(CN)n1. The van der Waals surface area contributed by atoms with E-state index in [-0.39, 0.29) is 5.91 Å². The van der Waals surface area contributed by atoms with E-state index in [1.54, 1.807) is 12.5 Å². The summed E-state index contributed by atoms with van der Waals surface area (Å²) in [5.74, 6) is -0.0396. The maximum absolute atomic E-state index is 12.7. The van der Waals surface area contributed by atoms with Crippen LogP contribution in [0.25, 0.3) is 0 Å². The lowest BCUT2D eigenvalue weighted by atomic mass is 10.2. The fraction of sp³-hybridized carbons (Fsp3) is 0.412. The zero-order valence-corrected chi connectivity index (χ0v) is 14.2. The van der Waals surface area contributed by atoms with E-state index < -0.39 is 0 Å². The Morgan fingerprint density at radius 2 is 2.09 bits per heavy atom. The third-order valence-corrected chi connectivity index (χ3v) is 4.35. The van der Waals surface area contributed by atoms with E-state index in [4.69, 9.17) is 10.5 Å². The molecule has 0 unspecified atom stereocenters. The first-order chi connectivity index (χ1) is 11.2. The highest BCUT2D eigenvalue weighted by molar-refractivity contribution is 7.09. The van der Waals surface area contributed by atoms with E-state index in [2.05, 4.69) is 4.98 Å². The molecule has 0 fully saturated rings. The number of ether oxygens (including phenoxy) is 1. The fourth-order valence-corrected chi connectivity index (χ4v) is 2.92. The molecule has 1 heterocycles. The monoisotopic (exact) mass is 333 g/mol. The molecule has 1 aromatic carbocycles. The van der Waals surface area contributed by atoms with Crippen LogP contribution in [0, 0.1) is 0 Å². The van der Waals surface area contributed by atoms with Crippen molar-refractivity contribution in [2.75, 3.05) is 20.3 Å². The summed E-state index contributed by atoms with van der Waals surface area (Å²) >= 11 is 1.43. The Kier molecular flexibility index (Phi) is 7.19. The van der Waals surface area contributed by atoms with Gasteiger partial charge < -0.3 is 15.4 Å². The van der Waals surface area contributed by atoms with Crippen LogP contribution in [0.15, 0.2) is 35.7 Å². The molecule has 0 saturated carbocycles. The Balaban J connectivity index is 2.06. The first kappa shape index (κ1) is 17.6. The van der Waals surface area contributed by atoms with Crippen molar-refractivity contribution in [1.29, 1.82) is 0 Å². The van der Waals surface area contributed by atoms with Gasteiger partial charge in [-0.1, -0.05) is 30.3 Å². The number of nitrogens with two attached hydrogens (primary N) is 1. The van der Waals surface area contributed by atoms with Gasteiger partial charge in [-0.15, -0.1) is 11.3 Å². The summed E-state index contributed by atoms with van der Waals surface area (Å²) < 4.78 is 5.08. The molecule has 0 aliphatic carbocycles. The second kappa shape index (κ2) is 9.39. The molecule has 6 heteroatoms. The topological polar surface area (TPSA) is 68.5 Å². The van der Waals surface area contributed by atoms with Crippen LogP contribution in [-0.4, -0.2) is 36.1 Å². The van der Waals surface area contributed by atoms with E-state index in [1.807, 2.05) is 35.2 Å². The Labute approximate surface area is 141 Å². The molecule has 0 atom stereocenters. The number of nitrogens with zero attached hydrogens (tertiary/aromatic N) is 2. The summed E-state index contributed by atoms with van der Waals surface area (Å²) in [7, 11) is 1.69. The highest BCUT2D eigenvalue weighted by Crippen LogP contribution is 2.14. The quantitative estimate of drug-likeness (QED) is 0.716. The molecule has 0 radical (unpaired) electrons. The molecular formula is C17H23N3O2S. The molecular weight excluding hydrogens is 310 g/mol. The van der Waals surface area contributed by atoms with Crippen molar-refractivity contribution in [3.8, 4) is 0 Å². The Morgan fingerprint density at radius 1 is 1.30 bits per heavy atom. The van der Waals surface area contributed by atoms with Crippen LogP contribution in [0.1, 0.15) is 33.9 Å². The molecule has 2 aromatic rings. The smallest absolute Gasteiger partial charge is 0.273 e. The number of rotatable bonds is 9. The van der Waals surface area contributed by atoms with E-state index >= 15 is 0 Å². The van der Waals surface area contributed by atoms with Gasteiger partial charge in [0.15, 0.2) is 0 Å². The molecule has 2 N–H and O–H groups in total. The minimum Gasteiger partial charge on any atom is -0.385 e. The summed E-state index contributed by atoms with van der Waals surface area (Å²) in [6, 6.07) is 10.0. The van der Waals surface area contributed by atoms with E-state index in [1.165, 1.54) is 11.3 Å². The molecule has 124 valence electrons. The standard InChI is InChI=1S/C17H23N3O2S/c1-22-10-6-5-9-20(12-14-7-3-2-4-8-14)17(21)15-13-23-16(11-18)19-15/h2-4,7-8,13H,5-6,9-12,18H2,1H3. The average Bonchev–Trinajstić information content (AvgIpc) is 3.07. The second-order valence-corrected chi connectivity index (χ2v) is 6.19. The third-order valence-electron chi connectivity index (χ3n) is 3.48. The number of methoxy groups -OCH3 is 1. The molecule has 0 spiro atoms. The third kappa shape index (κ3) is 5.42. The molecule has 0 aliphatic rings. The number of carbonyl (C=O) groups excluding carboxylic acids is 1. The van der Waals surface area contributed by atoms with Gasteiger partial charge >= 0.3 is 0 Å². The lowest BCUT2D eigenvalue weighted by molar-refractivity contribution is 0.0729. The first-order valence-corrected chi connectivity index (χ1v) is 8.59. The molecule has 0 bridgehead atoms. The Bertz CT molecular complexity index is 601. The van der Waals surface area contributed by atoms with E-state index in [9.17, 15) is 4.79 Å². The number of carbonyl (C=O) groups is 1. The molecule has 0 aliphatic heterocycles. The van der Waals surface area contributed by atoms with Gasteiger partial charge in [0.25, 0.3) is 5.91 Å². The van der Waals surface area contributed by atoms with Gasteiger partial charge in [-0.25, -0.2) is 4.98 Å². The highest BCUT2D eigenvalue weighted by atomic mass is 32.1. The largest absolute Gasteiger partial charge is 0.385 e. The molecule has 2 rings (SSSR count). The van der Waals surface area contributed by atoms with Crippen LogP contribution in [0.2, 0.25) is 0 Å². The van der Waals surface area contributed by atoms with Crippen molar-refractivity contribution in [3.63, 3.8) is 0 Å². The normalized spacial score (nSPS) is 10.7. The highest BCUT2D eigenvalue weighted by Gasteiger charge is 2.18. The van der Waals surface area contributed by atoms with Crippen molar-refractivity contribution < 1.29 is 9.53 Å². The van der Waals surface area contributed by atoms with Crippen LogP contribution in [0.3, 0.4) is 0 Å². The van der Waals surface area contributed by atoms with Crippen molar-refractivity contribution >= 4 is 17.2 Å². The zero-order chi connectivity index (χ0) is 16.5. The van der Waals surface area contributed by atoms with E-state index in [0.29, 0.717) is 31.9 Å². The summed E-state index contributed by atoms with van der Waals surface area (Å²) in [5.41, 5.74) is 7.18. The Hall–Kier alpha value is -1.76. The molecule has 5 nitrogen and oxygen atoms in total. The number of unbranched alkanes of at least 4 members (excludes halogenated alkanes) is 1. The van der Waals surface area contributed by atoms with Crippen molar-refractivity contribution in [3.05, 3.63) is 52.0 Å². The van der Waals surface area contributed by atoms with Gasteiger partial charge in [0.2, 0.25) is 0 Å². The van der Waals surface area contributed by atoms with Gasteiger partial charge in [-0.05, 0) is 18.4 Å². The number of thiazole rings is 1. The molecule has 0 saturated heterocycles. The number of benzene rings is 1. The predicted octanol–water partition coefficient (Wildman–Crippen LogP) is 2.67. The molecule has 1 aromatic heterocycles. The van der Waals surface area contributed by atoms with Gasteiger partial charge in [-0.3, -0.25) is 4.79 Å². The van der Waals surface area contributed by atoms with Crippen molar-refractivity contribution in [1.82, 2.24) is 9.88 Å². The summed E-state index contributed by atoms with van der Waals surface area (Å²) in [6.07, 6.45) is 1.83. The molecule has 23 heavy (non-hydrogen) atoms. The van der Waals surface area contributed by atoms with Crippen LogP contribution in [-0.2, 0) is 17.8 Å². The predicted molar refractivity (Wildman–Crippen MR) is 92.3 cm³/mol. The van der Waals surface area contributed by atoms with Crippen LogP contribution in [0.4, 0.5) is 0 Å². The van der Waals surface area contributed by atoms with Gasteiger partial charge in [0.1, 0.15) is 10.7 Å². The van der Waals surface area contributed by atoms with Crippen LogP contribution >= 0.6 is 11.3 Å². The minimum absolute atomic E-state index is 0.0396. The summed E-state index contributed by atoms with van der Waals surface area (Å²) in [6.45, 7) is 2.35. The van der Waals surface area contributed by atoms with Gasteiger partial charge in [0, 0.05) is 38.7 Å². The number of aromatic nitrogens is 1. The van der Waals surface area contributed by atoms with Crippen molar-refractivity contribution in [2.24, 2.45) is 5.73 Å². The van der Waals surface area contributed by atoms with Crippen LogP contribution in [0.5, 0.6) is 0 Å². The maximum atomic E-state index is 12.7. The average molecular weight is 333 g/mol. The fourth-order valence-electron chi connectivity index (χ4n) is 2.27. The zero-order valence-electron chi connectivity index (χ0n) is 13.4. The lowest BCUT2D eigenvalue weighted by Crippen LogP contribution is -2.32. The number of hydrogen-bond donors (Lipinski definition) is 1. The molecule has 1 amide bonds. The summed E-state index contributed by atoms with van der Waals surface area (Å²) in [4.78, 5) is 18.9. The number of hydrogen-bond acceptors (Lipinski definition) is 5. The summed E-state index contributed by atoms with van der Waals surface area (Å²) in [5, 5.41) is 2.57. The Morgan fingerprint density at radius 3 is 2.74 bits per heavy atom. The maximum Gasteiger partial charge on any atom is 0.273 e. The van der Waals surface area contributed by atoms with Crippen molar-refractivity contribution in [2.45, 2.75) is 25.9 Å². The van der Waals surface area contributed by atoms with Crippen LogP contribution < -0.4 is 5.73 Å². The lowest BCUT2D eigenvalue weighted by Gasteiger charge is -2.22. The minimum atomic E-state index is -0.0396. The first-order valence-electron chi connectivity index (χ1n) is 7.71. The number of amides is 1.